The third-order valence-electron chi connectivity index (χ3n) is 2.39. The second kappa shape index (κ2) is 4.64. The van der Waals surface area contributed by atoms with Crippen molar-refractivity contribution in [3.05, 3.63) is 42.1 Å². The van der Waals surface area contributed by atoms with E-state index in [0.29, 0.717) is 0 Å². The number of pyridine rings is 1. The third-order valence-corrected chi connectivity index (χ3v) is 3.08. The molecule has 1 atom stereocenters. The molecule has 0 spiro atoms. The summed E-state index contributed by atoms with van der Waals surface area (Å²) in [6.07, 6.45) is 3.94. The molecule has 0 amide bonds. The number of para-hydroxylation sites is 1. The van der Waals surface area contributed by atoms with Crippen LogP contribution in [-0.4, -0.2) is 17.0 Å². The van der Waals surface area contributed by atoms with Crippen LogP contribution in [0.25, 0.3) is 10.9 Å². The van der Waals surface area contributed by atoms with Crippen LogP contribution in [0, 0.1) is 0 Å². The molecule has 2 aromatic rings. The molecule has 0 aliphatic carbocycles. The van der Waals surface area contributed by atoms with E-state index in [4.69, 9.17) is 5.73 Å². The highest BCUT2D eigenvalue weighted by Crippen LogP contribution is 2.18. The number of hydrogen-bond donors (Lipinski definition) is 1. The highest BCUT2D eigenvalue weighted by Gasteiger charge is 2.05. The predicted octanol–water partition coefficient (Wildman–Crippen LogP) is 2.60. The molecule has 78 valence electrons. The van der Waals surface area contributed by atoms with Gasteiger partial charge in [-0.05, 0) is 24.0 Å². The first-order valence-electron chi connectivity index (χ1n) is 4.90. The van der Waals surface area contributed by atoms with Crippen molar-refractivity contribution in [1.29, 1.82) is 0 Å². The van der Waals surface area contributed by atoms with Crippen LogP contribution in [0.4, 0.5) is 0 Å². The fourth-order valence-corrected chi connectivity index (χ4v) is 2.12. The average molecular weight is 218 g/mol. The van der Waals surface area contributed by atoms with Gasteiger partial charge < -0.3 is 5.73 Å². The van der Waals surface area contributed by atoms with Crippen LogP contribution in [0.5, 0.6) is 0 Å². The maximum Gasteiger partial charge on any atom is 0.0702 e. The molecular weight excluding hydrogens is 204 g/mol. The molecule has 2 rings (SSSR count). The van der Waals surface area contributed by atoms with Gasteiger partial charge >= 0.3 is 0 Å². The summed E-state index contributed by atoms with van der Waals surface area (Å²) in [6.45, 7) is 0. The fraction of sp³-hybridized carbons (Fsp3) is 0.250. The second-order valence-electron chi connectivity index (χ2n) is 3.52. The Hall–Kier alpha value is -1.06. The van der Waals surface area contributed by atoms with E-state index < -0.39 is 0 Å². The Labute approximate surface area is 93.9 Å². The van der Waals surface area contributed by atoms with Crippen molar-refractivity contribution in [2.45, 2.75) is 6.04 Å². The van der Waals surface area contributed by atoms with Gasteiger partial charge in [0, 0.05) is 23.4 Å². The highest BCUT2D eigenvalue weighted by molar-refractivity contribution is 7.98. The molecular formula is C12H14N2S. The van der Waals surface area contributed by atoms with Gasteiger partial charge in [-0.1, -0.05) is 18.2 Å². The predicted molar refractivity (Wildman–Crippen MR) is 67.1 cm³/mol. The fourth-order valence-electron chi connectivity index (χ4n) is 1.57. The Morgan fingerprint density at radius 2 is 2.20 bits per heavy atom. The minimum atomic E-state index is 0.0807. The zero-order valence-electron chi connectivity index (χ0n) is 8.68. The molecule has 0 saturated heterocycles. The largest absolute Gasteiger partial charge is 0.323 e. The van der Waals surface area contributed by atoms with Crippen molar-refractivity contribution in [3.8, 4) is 0 Å². The number of nitrogens with two attached hydrogens (primary N) is 1. The Morgan fingerprint density at radius 1 is 1.40 bits per heavy atom. The molecule has 1 aromatic heterocycles. The minimum absolute atomic E-state index is 0.0807. The van der Waals surface area contributed by atoms with E-state index in [1.165, 1.54) is 0 Å². The van der Waals surface area contributed by atoms with Crippen LogP contribution in [-0.2, 0) is 0 Å². The number of aromatic nitrogens is 1. The lowest BCUT2D eigenvalue weighted by Crippen LogP contribution is -2.12. The first-order valence-corrected chi connectivity index (χ1v) is 6.30. The second-order valence-corrected chi connectivity index (χ2v) is 4.43. The molecule has 0 bridgehead atoms. The third kappa shape index (κ3) is 2.30. The molecule has 1 unspecified atom stereocenters. The maximum absolute atomic E-state index is 6.04. The highest BCUT2D eigenvalue weighted by atomic mass is 32.2. The molecule has 0 aliphatic rings. The molecule has 15 heavy (non-hydrogen) atoms. The van der Waals surface area contributed by atoms with Gasteiger partial charge in [0.25, 0.3) is 0 Å². The first-order chi connectivity index (χ1) is 7.31. The SMILES string of the molecule is CSCC(N)c1cnc2ccccc2c1. The number of thioether (sulfide) groups is 1. The summed E-state index contributed by atoms with van der Waals surface area (Å²) >= 11 is 1.76. The van der Waals surface area contributed by atoms with E-state index in [2.05, 4.69) is 23.4 Å². The summed E-state index contributed by atoms with van der Waals surface area (Å²) in [7, 11) is 0. The number of nitrogens with zero attached hydrogens (tertiary/aromatic N) is 1. The summed E-state index contributed by atoms with van der Waals surface area (Å²) in [5.41, 5.74) is 8.18. The monoisotopic (exact) mass is 218 g/mol. The van der Waals surface area contributed by atoms with Gasteiger partial charge in [-0.2, -0.15) is 11.8 Å². The van der Waals surface area contributed by atoms with E-state index in [0.717, 1.165) is 22.2 Å². The van der Waals surface area contributed by atoms with E-state index in [1.54, 1.807) is 11.8 Å². The van der Waals surface area contributed by atoms with Crippen LogP contribution in [0.3, 0.4) is 0 Å². The van der Waals surface area contributed by atoms with E-state index in [1.807, 2.05) is 24.4 Å². The lowest BCUT2D eigenvalue weighted by Gasteiger charge is -2.10. The number of rotatable bonds is 3. The molecule has 0 fully saturated rings. The van der Waals surface area contributed by atoms with Gasteiger partial charge in [-0.25, -0.2) is 0 Å². The minimum Gasteiger partial charge on any atom is -0.323 e. The van der Waals surface area contributed by atoms with Crippen molar-refractivity contribution in [3.63, 3.8) is 0 Å². The van der Waals surface area contributed by atoms with Crippen LogP contribution in [0.15, 0.2) is 36.5 Å². The zero-order chi connectivity index (χ0) is 10.7. The Kier molecular flexibility index (Phi) is 3.23. The molecule has 1 heterocycles. The van der Waals surface area contributed by atoms with Crippen molar-refractivity contribution in [2.75, 3.05) is 12.0 Å². The average Bonchev–Trinajstić information content (AvgIpc) is 2.29. The van der Waals surface area contributed by atoms with Gasteiger partial charge in [0.2, 0.25) is 0 Å². The van der Waals surface area contributed by atoms with Crippen molar-refractivity contribution < 1.29 is 0 Å². The first kappa shape index (κ1) is 10.5. The Bertz CT molecular complexity index is 456. The molecule has 3 heteroatoms. The van der Waals surface area contributed by atoms with Crippen molar-refractivity contribution >= 4 is 22.7 Å². The molecule has 0 radical (unpaired) electrons. The maximum atomic E-state index is 6.04. The standard InChI is InChI=1S/C12H14N2S/c1-15-8-11(13)10-6-9-4-2-3-5-12(9)14-7-10/h2-7,11H,8,13H2,1H3. The number of fused-ring (bicyclic) bond motifs is 1. The van der Waals surface area contributed by atoms with E-state index >= 15 is 0 Å². The molecule has 1 aromatic carbocycles. The summed E-state index contributed by atoms with van der Waals surface area (Å²) in [5.74, 6) is 0.931. The number of benzene rings is 1. The van der Waals surface area contributed by atoms with Gasteiger partial charge in [-0.3, -0.25) is 4.98 Å². The number of hydrogen-bond acceptors (Lipinski definition) is 3. The van der Waals surface area contributed by atoms with Crippen LogP contribution in [0.2, 0.25) is 0 Å². The lowest BCUT2D eigenvalue weighted by atomic mass is 10.1. The van der Waals surface area contributed by atoms with Crippen LogP contribution in [0.1, 0.15) is 11.6 Å². The molecule has 2 nitrogen and oxygen atoms in total. The smallest absolute Gasteiger partial charge is 0.0702 e. The van der Waals surface area contributed by atoms with E-state index in [-0.39, 0.29) is 6.04 Å². The Morgan fingerprint density at radius 3 is 3.00 bits per heavy atom. The van der Waals surface area contributed by atoms with Gasteiger partial charge in [0.05, 0.1) is 5.52 Å². The Balaban J connectivity index is 2.38. The molecule has 2 N–H and O–H groups in total. The van der Waals surface area contributed by atoms with Crippen molar-refractivity contribution in [2.24, 2.45) is 5.73 Å². The summed E-state index contributed by atoms with van der Waals surface area (Å²) in [5, 5.41) is 1.16. The van der Waals surface area contributed by atoms with E-state index in [9.17, 15) is 0 Å². The summed E-state index contributed by atoms with van der Waals surface area (Å²) < 4.78 is 0. The summed E-state index contributed by atoms with van der Waals surface area (Å²) in [4.78, 5) is 4.40. The lowest BCUT2D eigenvalue weighted by molar-refractivity contribution is 0.828. The van der Waals surface area contributed by atoms with Crippen molar-refractivity contribution in [1.82, 2.24) is 4.98 Å². The zero-order valence-corrected chi connectivity index (χ0v) is 9.50. The van der Waals surface area contributed by atoms with Crippen LogP contribution >= 0.6 is 11.8 Å². The molecule has 0 saturated carbocycles. The molecule has 0 aliphatic heterocycles. The normalized spacial score (nSPS) is 12.9. The van der Waals surface area contributed by atoms with Crippen LogP contribution < -0.4 is 5.73 Å². The topological polar surface area (TPSA) is 38.9 Å². The van der Waals surface area contributed by atoms with Gasteiger partial charge in [-0.15, -0.1) is 0 Å². The van der Waals surface area contributed by atoms with Gasteiger partial charge in [0.1, 0.15) is 0 Å². The quantitative estimate of drug-likeness (QED) is 0.860. The van der Waals surface area contributed by atoms with Gasteiger partial charge in [0.15, 0.2) is 0 Å². The summed E-state index contributed by atoms with van der Waals surface area (Å²) in [6, 6.07) is 10.3.